The number of carbonyl (C=O) groups excluding carboxylic acids is 2. The monoisotopic (exact) mass is 374 g/mol. The Morgan fingerprint density at radius 1 is 0.650 bits per heavy atom. The van der Waals surface area contributed by atoms with Crippen LogP contribution in [0.1, 0.15) is 0 Å². The van der Waals surface area contributed by atoms with E-state index < -0.39 is 11.9 Å². The molecule has 0 spiro atoms. The molecule has 0 aliphatic carbocycles. The molecule has 0 aliphatic heterocycles. The third kappa shape index (κ3) is 160. The van der Waals surface area contributed by atoms with Crippen LogP contribution in [0.15, 0.2) is 0 Å². The van der Waals surface area contributed by atoms with Crippen LogP contribution in [0.4, 0.5) is 0 Å². The van der Waals surface area contributed by atoms with Gasteiger partial charge in [-0.3, -0.25) is 0 Å². The van der Waals surface area contributed by atoms with Crippen LogP contribution in [0.2, 0.25) is 0 Å². The third-order valence-electron chi connectivity index (χ3n) is 0.500. The maximum atomic E-state index is 8.93. The van der Waals surface area contributed by atoms with Gasteiger partial charge in [-0.2, -0.15) is 0 Å². The predicted molar refractivity (Wildman–Crippen MR) is 60.7 cm³/mol. The summed E-state index contributed by atoms with van der Waals surface area (Å²) in [6.07, 6.45) is 0. The minimum atomic E-state index is -2.19. The van der Waals surface area contributed by atoms with Crippen LogP contribution in [-0.2, 0) is 26.4 Å². The van der Waals surface area contributed by atoms with E-state index in [1.54, 1.807) is 0 Å². The topological polar surface area (TPSA) is 310 Å². The summed E-state index contributed by atoms with van der Waals surface area (Å²) in [5.74, 6) is -4.37. The molecular weight excluding hydrogens is 350 g/mol. The summed E-state index contributed by atoms with van der Waals surface area (Å²) in [4.78, 5) is 17.9. The van der Waals surface area contributed by atoms with Crippen molar-refractivity contribution in [3.8, 4) is 0 Å². The SMILES string of the molecule is NCCN.NCCN.O.O.O.O.O=C([O-])C(=O)[O-].[Cl-].[Co+3]. The first kappa shape index (κ1) is 60.7. The number of carbonyl (C=O) groups is 2. The predicted octanol–water partition coefficient (Wildman–Crippen LogP) is -12.0. The molecule has 0 atom stereocenters. The molecule has 0 heterocycles. The molecule has 0 aliphatic rings. The van der Waals surface area contributed by atoms with Crippen molar-refractivity contribution in [2.45, 2.75) is 0 Å². The van der Waals surface area contributed by atoms with Gasteiger partial charge < -0.3 is 77.0 Å². The largest absolute Gasteiger partial charge is 3.00 e. The van der Waals surface area contributed by atoms with Gasteiger partial charge in [0.2, 0.25) is 0 Å². The summed E-state index contributed by atoms with van der Waals surface area (Å²) in [6, 6.07) is 0. The number of carboxylic acids is 2. The summed E-state index contributed by atoms with van der Waals surface area (Å²) in [6.45, 7) is 2.39. The smallest absolute Gasteiger partial charge is 1.00 e. The standard InChI is InChI=1S/2C2H8N2.C2H2O4.ClH.Co.4H2O/c2*3-1-2-4;3-1(4)2(5)6;;;;;;/h2*1-4H2;(H,3,4)(H,5,6);1H;;4*1H2/q;;;;+3;;;;/p-3. The summed E-state index contributed by atoms with van der Waals surface area (Å²) >= 11 is 0. The molecule has 0 amide bonds. The van der Waals surface area contributed by atoms with Crippen LogP contribution >= 0.6 is 0 Å². The van der Waals surface area contributed by atoms with E-state index in [1.807, 2.05) is 0 Å². The summed E-state index contributed by atoms with van der Waals surface area (Å²) in [5.41, 5.74) is 19.6. The normalized spacial score (nSPS) is 5.20. The van der Waals surface area contributed by atoms with Crippen molar-refractivity contribution < 1.29 is 70.9 Å². The second kappa shape index (κ2) is 63.0. The van der Waals surface area contributed by atoms with Crippen molar-refractivity contribution in [3.63, 3.8) is 0 Å². The van der Waals surface area contributed by atoms with Gasteiger partial charge in [-0.1, -0.05) is 0 Å². The molecule has 132 valence electrons. The number of rotatable bonds is 2. The van der Waals surface area contributed by atoms with Crippen molar-refractivity contribution in [1.82, 2.24) is 0 Å². The van der Waals surface area contributed by atoms with Crippen molar-refractivity contribution in [2.24, 2.45) is 22.9 Å². The van der Waals surface area contributed by atoms with Crippen molar-refractivity contribution in [2.75, 3.05) is 26.2 Å². The Morgan fingerprint density at radius 3 is 0.750 bits per heavy atom. The molecule has 16 N–H and O–H groups in total. The van der Waals surface area contributed by atoms with E-state index in [1.165, 1.54) is 0 Å². The summed E-state index contributed by atoms with van der Waals surface area (Å²) < 4.78 is 0. The fraction of sp³-hybridized carbons (Fsp3) is 0.667. The Bertz CT molecular complexity index is 139. The van der Waals surface area contributed by atoms with Crippen LogP contribution in [0, 0.1) is 0 Å². The second-order valence-electron chi connectivity index (χ2n) is 1.73. The molecule has 0 saturated carbocycles. The van der Waals surface area contributed by atoms with Crippen LogP contribution in [-0.4, -0.2) is 60.0 Å². The molecule has 0 radical (unpaired) electrons. The van der Waals surface area contributed by atoms with Crippen LogP contribution in [0.3, 0.4) is 0 Å². The minimum Gasteiger partial charge on any atom is -1.00 e. The van der Waals surface area contributed by atoms with E-state index in [2.05, 4.69) is 0 Å². The molecule has 0 unspecified atom stereocenters. The summed E-state index contributed by atoms with van der Waals surface area (Å²) in [7, 11) is 0. The van der Waals surface area contributed by atoms with Gasteiger partial charge in [-0.25, -0.2) is 0 Å². The molecule has 0 bridgehead atoms. The molecule has 0 aromatic carbocycles. The van der Waals surface area contributed by atoms with Gasteiger partial charge >= 0.3 is 16.8 Å². The van der Waals surface area contributed by atoms with E-state index in [9.17, 15) is 0 Å². The fourth-order valence-corrected chi connectivity index (χ4v) is 0. The molecule has 20 heavy (non-hydrogen) atoms. The van der Waals surface area contributed by atoms with Gasteiger partial charge in [-0.15, -0.1) is 0 Å². The maximum absolute atomic E-state index is 8.93. The Balaban J connectivity index is -0.0000000115. The molecule has 0 fully saturated rings. The Kier molecular flexibility index (Phi) is 191. The molecule has 12 nitrogen and oxygen atoms in total. The van der Waals surface area contributed by atoms with Crippen LogP contribution in [0.5, 0.6) is 0 Å². The van der Waals surface area contributed by atoms with E-state index >= 15 is 0 Å². The Morgan fingerprint density at radius 2 is 0.750 bits per heavy atom. The number of carboxylic acid groups (broad SMARTS) is 2. The number of hydrogen-bond donors (Lipinski definition) is 4. The molecule has 0 aromatic heterocycles. The second-order valence-corrected chi connectivity index (χ2v) is 1.73. The van der Waals surface area contributed by atoms with Crippen molar-refractivity contribution >= 4 is 11.9 Å². The zero-order chi connectivity index (χ0) is 12.0. The van der Waals surface area contributed by atoms with Gasteiger partial charge in [0.05, 0.1) is 11.9 Å². The number of halogens is 1. The first-order valence-corrected chi connectivity index (χ1v) is 3.70. The van der Waals surface area contributed by atoms with E-state index in [4.69, 9.17) is 42.7 Å². The average molecular weight is 375 g/mol. The molecule has 0 aromatic rings. The Labute approximate surface area is 132 Å². The van der Waals surface area contributed by atoms with Crippen LogP contribution in [0.25, 0.3) is 0 Å². The van der Waals surface area contributed by atoms with E-state index in [0.717, 1.165) is 0 Å². The molecule has 0 rings (SSSR count). The van der Waals surface area contributed by atoms with Crippen molar-refractivity contribution in [3.05, 3.63) is 0 Å². The molecule has 14 heteroatoms. The number of nitrogens with two attached hydrogens (primary N) is 4. The minimum absolute atomic E-state index is 0. The van der Waals surface area contributed by atoms with Gasteiger partial charge in [-0.05, 0) is 0 Å². The fourth-order valence-electron chi connectivity index (χ4n) is 0. The van der Waals surface area contributed by atoms with Gasteiger partial charge in [0.15, 0.2) is 0 Å². The first-order valence-electron chi connectivity index (χ1n) is 3.70. The van der Waals surface area contributed by atoms with Gasteiger partial charge in [0, 0.05) is 26.2 Å². The van der Waals surface area contributed by atoms with Crippen molar-refractivity contribution in [1.29, 1.82) is 0 Å². The van der Waals surface area contributed by atoms with E-state index in [-0.39, 0.29) is 51.1 Å². The zero-order valence-corrected chi connectivity index (χ0v) is 12.3. The summed E-state index contributed by atoms with van der Waals surface area (Å²) in [5, 5.41) is 17.9. The maximum Gasteiger partial charge on any atom is 3.00 e. The molecular formula is C6H24ClCoN4O8. The Hall–Kier alpha value is -0.584. The van der Waals surface area contributed by atoms with Gasteiger partial charge in [0.1, 0.15) is 0 Å². The van der Waals surface area contributed by atoms with Crippen LogP contribution < -0.4 is 45.6 Å². The van der Waals surface area contributed by atoms with E-state index in [0.29, 0.717) is 26.2 Å². The quantitative estimate of drug-likeness (QED) is 0.335. The number of aliphatic carboxylic acids is 2. The van der Waals surface area contributed by atoms with Gasteiger partial charge in [0.25, 0.3) is 0 Å². The first-order chi connectivity index (χ1) is 6.47. The third-order valence-corrected chi connectivity index (χ3v) is 0.500. The zero-order valence-electron chi connectivity index (χ0n) is 10.5. The molecule has 0 saturated heterocycles. The average Bonchev–Trinajstić information content (AvgIpc) is 2.18. The number of hydrogen-bond acceptors (Lipinski definition) is 8.